The summed E-state index contributed by atoms with van der Waals surface area (Å²) in [4.78, 5) is 4.16. The van der Waals surface area contributed by atoms with E-state index in [4.69, 9.17) is 0 Å². The topological polar surface area (TPSA) is 24.9 Å². The molecule has 2 nitrogen and oxygen atoms in total. The minimum atomic E-state index is -0.259. The fraction of sp³-hybridized carbons (Fsp3) is 0.0833. The quantitative estimate of drug-likeness (QED) is 0.898. The second kappa shape index (κ2) is 4.61. The third-order valence-electron chi connectivity index (χ3n) is 2.19. The summed E-state index contributed by atoms with van der Waals surface area (Å²) in [6.45, 7) is 1.92. The number of anilines is 2. The number of aryl methyl sites for hydroxylation is 1. The number of aromatic nitrogens is 1. The van der Waals surface area contributed by atoms with Gasteiger partial charge in [0.25, 0.3) is 0 Å². The molecule has 1 aromatic carbocycles. The molecule has 0 saturated carbocycles. The van der Waals surface area contributed by atoms with Gasteiger partial charge in [0, 0.05) is 16.4 Å². The van der Waals surface area contributed by atoms with E-state index < -0.39 is 0 Å². The van der Waals surface area contributed by atoms with Gasteiger partial charge in [0.15, 0.2) is 0 Å². The highest BCUT2D eigenvalue weighted by molar-refractivity contribution is 9.10. The van der Waals surface area contributed by atoms with Gasteiger partial charge in [-0.25, -0.2) is 9.37 Å². The molecule has 16 heavy (non-hydrogen) atoms. The molecule has 0 amide bonds. The highest BCUT2D eigenvalue weighted by atomic mass is 79.9. The predicted octanol–water partition coefficient (Wildman–Crippen LogP) is 4.04. The summed E-state index contributed by atoms with van der Waals surface area (Å²) in [5.74, 6) is 0.433. The zero-order chi connectivity index (χ0) is 11.5. The van der Waals surface area contributed by atoms with Gasteiger partial charge in [-0.15, -0.1) is 0 Å². The fourth-order valence-electron chi connectivity index (χ4n) is 1.32. The van der Waals surface area contributed by atoms with Crippen LogP contribution < -0.4 is 5.32 Å². The molecule has 0 aliphatic heterocycles. The van der Waals surface area contributed by atoms with Gasteiger partial charge in [0.1, 0.15) is 11.6 Å². The SMILES string of the molecule is Cc1ccc(F)cc1Nc1ccc(Br)cn1. The Hall–Kier alpha value is -1.42. The van der Waals surface area contributed by atoms with Crippen molar-refractivity contribution >= 4 is 27.4 Å². The van der Waals surface area contributed by atoms with Crippen LogP contribution in [-0.2, 0) is 0 Å². The minimum absolute atomic E-state index is 0.259. The highest BCUT2D eigenvalue weighted by Crippen LogP contribution is 2.20. The molecule has 0 aliphatic rings. The third-order valence-corrected chi connectivity index (χ3v) is 2.66. The van der Waals surface area contributed by atoms with Crippen LogP contribution in [0.4, 0.5) is 15.9 Å². The van der Waals surface area contributed by atoms with Crippen LogP contribution >= 0.6 is 15.9 Å². The van der Waals surface area contributed by atoms with Crippen LogP contribution in [0.5, 0.6) is 0 Å². The van der Waals surface area contributed by atoms with Crippen LogP contribution in [0, 0.1) is 12.7 Å². The molecular weight excluding hydrogens is 271 g/mol. The van der Waals surface area contributed by atoms with E-state index in [-0.39, 0.29) is 5.82 Å². The van der Waals surface area contributed by atoms with E-state index in [1.165, 1.54) is 12.1 Å². The Bertz CT molecular complexity index is 497. The van der Waals surface area contributed by atoms with Crippen molar-refractivity contribution in [2.45, 2.75) is 6.92 Å². The van der Waals surface area contributed by atoms with Crippen molar-refractivity contribution in [1.82, 2.24) is 4.98 Å². The summed E-state index contributed by atoms with van der Waals surface area (Å²) in [5.41, 5.74) is 1.71. The third kappa shape index (κ3) is 2.58. The van der Waals surface area contributed by atoms with Crippen LogP contribution in [0.15, 0.2) is 41.0 Å². The first kappa shape index (κ1) is 11.1. The lowest BCUT2D eigenvalue weighted by atomic mass is 10.2. The molecule has 0 atom stereocenters. The Kier molecular flexibility index (Phi) is 3.19. The Morgan fingerprint density at radius 3 is 2.75 bits per heavy atom. The van der Waals surface area contributed by atoms with E-state index in [1.807, 2.05) is 19.1 Å². The summed E-state index contributed by atoms with van der Waals surface area (Å²) < 4.78 is 14.0. The van der Waals surface area contributed by atoms with Crippen molar-refractivity contribution in [3.63, 3.8) is 0 Å². The molecule has 0 aliphatic carbocycles. The van der Waals surface area contributed by atoms with Crippen LogP contribution in [0.1, 0.15) is 5.56 Å². The molecule has 0 saturated heterocycles. The summed E-state index contributed by atoms with van der Waals surface area (Å²) in [6.07, 6.45) is 1.69. The number of hydrogen-bond acceptors (Lipinski definition) is 2. The Labute approximate surface area is 102 Å². The van der Waals surface area contributed by atoms with E-state index in [1.54, 1.807) is 12.3 Å². The second-order valence-corrected chi connectivity index (χ2v) is 4.36. The number of nitrogens with zero attached hydrogens (tertiary/aromatic N) is 1. The van der Waals surface area contributed by atoms with Gasteiger partial charge in [-0.2, -0.15) is 0 Å². The zero-order valence-electron chi connectivity index (χ0n) is 8.67. The predicted molar refractivity (Wildman–Crippen MR) is 66.4 cm³/mol. The number of hydrogen-bond donors (Lipinski definition) is 1. The molecule has 0 fully saturated rings. The smallest absolute Gasteiger partial charge is 0.130 e. The Balaban J connectivity index is 2.26. The van der Waals surface area contributed by atoms with Crippen LogP contribution in [0.2, 0.25) is 0 Å². The number of pyridine rings is 1. The summed E-state index contributed by atoms with van der Waals surface area (Å²) in [6, 6.07) is 8.34. The highest BCUT2D eigenvalue weighted by Gasteiger charge is 2.01. The van der Waals surface area contributed by atoms with E-state index in [0.29, 0.717) is 5.82 Å². The van der Waals surface area contributed by atoms with Gasteiger partial charge >= 0.3 is 0 Å². The number of nitrogens with one attached hydrogen (secondary N) is 1. The molecule has 4 heteroatoms. The average Bonchev–Trinajstić information content (AvgIpc) is 2.27. The molecule has 2 aromatic rings. The molecular formula is C12H10BrFN2. The number of rotatable bonds is 2. The molecule has 0 spiro atoms. The Morgan fingerprint density at radius 2 is 2.06 bits per heavy atom. The lowest BCUT2D eigenvalue weighted by molar-refractivity contribution is 0.628. The summed E-state index contributed by atoms with van der Waals surface area (Å²) >= 11 is 3.31. The van der Waals surface area contributed by atoms with Crippen LogP contribution in [-0.4, -0.2) is 4.98 Å². The van der Waals surface area contributed by atoms with Gasteiger partial charge in [-0.1, -0.05) is 6.07 Å². The normalized spacial score (nSPS) is 10.2. The largest absolute Gasteiger partial charge is 0.340 e. The fourth-order valence-corrected chi connectivity index (χ4v) is 1.55. The second-order valence-electron chi connectivity index (χ2n) is 3.45. The van der Waals surface area contributed by atoms with Crippen molar-refractivity contribution in [3.8, 4) is 0 Å². The maximum Gasteiger partial charge on any atom is 0.130 e. The standard InChI is InChI=1S/C12H10BrFN2/c1-8-2-4-10(14)6-11(8)16-12-5-3-9(13)7-15-12/h2-7H,1H3,(H,15,16). The first-order chi connectivity index (χ1) is 7.65. The first-order valence-corrected chi connectivity index (χ1v) is 5.59. The maximum atomic E-state index is 13.0. The molecule has 0 unspecified atom stereocenters. The lowest BCUT2D eigenvalue weighted by Gasteiger charge is -2.08. The lowest BCUT2D eigenvalue weighted by Crippen LogP contribution is -1.95. The molecule has 1 aromatic heterocycles. The van der Waals surface area contributed by atoms with E-state index >= 15 is 0 Å². The molecule has 2 rings (SSSR count). The van der Waals surface area contributed by atoms with Crippen molar-refractivity contribution in [3.05, 3.63) is 52.4 Å². The van der Waals surface area contributed by atoms with Crippen molar-refractivity contribution in [1.29, 1.82) is 0 Å². The number of benzene rings is 1. The summed E-state index contributed by atoms with van der Waals surface area (Å²) in [5, 5.41) is 3.07. The zero-order valence-corrected chi connectivity index (χ0v) is 10.3. The molecule has 0 bridgehead atoms. The maximum absolute atomic E-state index is 13.0. The van der Waals surface area contributed by atoms with Crippen molar-refractivity contribution in [2.75, 3.05) is 5.32 Å². The van der Waals surface area contributed by atoms with Gasteiger partial charge < -0.3 is 5.32 Å². The van der Waals surface area contributed by atoms with Crippen molar-refractivity contribution < 1.29 is 4.39 Å². The van der Waals surface area contributed by atoms with Crippen molar-refractivity contribution in [2.24, 2.45) is 0 Å². The molecule has 82 valence electrons. The van der Waals surface area contributed by atoms with E-state index in [0.717, 1.165) is 15.7 Å². The van der Waals surface area contributed by atoms with Gasteiger partial charge in [-0.3, -0.25) is 0 Å². The van der Waals surface area contributed by atoms with Crippen LogP contribution in [0.3, 0.4) is 0 Å². The van der Waals surface area contributed by atoms with Gasteiger partial charge in [0.05, 0.1) is 0 Å². The number of halogens is 2. The van der Waals surface area contributed by atoms with Gasteiger partial charge in [-0.05, 0) is 52.7 Å². The monoisotopic (exact) mass is 280 g/mol. The first-order valence-electron chi connectivity index (χ1n) is 4.80. The Morgan fingerprint density at radius 1 is 1.25 bits per heavy atom. The minimum Gasteiger partial charge on any atom is -0.340 e. The van der Waals surface area contributed by atoms with Gasteiger partial charge in [0.2, 0.25) is 0 Å². The average molecular weight is 281 g/mol. The molecule has 1 heterocycles. The van der Waals surface area contributed by atoms with Crippen LogP contribution in [0.25, 0.3) is 0 Å². The van der Waals surface area contributed by atoms with E-state index in [2.05, 4.69) is 26.2 Å². The molecule has 1 N–H and O–H groups in total. The molecule has 0 radical (unpaired) electrons. The summed E-state index contributed by atoms with van der Waals surface area (Å²) in [7, 11) is 0. The van der Waals surface area contributed by atoms with E-state index in [9.17, 15) is 4.39 Å².